The van der Waals surface area contributed by atoms with Gasteiger partial charge in [0.2, 0.25) is 0 Å². The van der Waals surface area contributed by atoms with E-state index in [2.05, 4.69) is 0 Å². The van der Waals surface area contributed by atoms with E-state index in [1.165, 1.54) is 11.3 Å². The molecule has 0 saturated heterocycles. The minimum Gasteiger partial charge on any atom is -0.292 e. The zero-order valence-corrected chi connectivity index (χ0v) is 11.1. The van der Waals surface area contributed by atoms with Crippen molar-refractivity contribution in [2.24, 2.45) is 0 Å². The van der Waals surface area contributed by atoms with Crippen LogP contribution in [0.1, 0.15) is 35.3 Å². The molecular weight excluding hydrogens is 228 g/mol. The summed E-state index contributed by atoms with van der Waals surface area (Å²) in [6.07, 6.45) is 0. The molecule has 1 atom stereocenters. The first-order valence-corrected chi connectivity index (χ1v) is 6.92. The quantitative estimate of drug-likeness (QED) is 0.766. The molecule has 4 heteroatoms. The Bertz CT molecular complexity index is 386. The van der Waals surface area contributed by atoms with Crippen molar-refractivity contribution in [3.8, 4) is 0 Å². The Kier molecular flexibility index (Phi) is 3.84. The van der Waals surface area contributed by atoms with Crippen LogP contribution in [-0.4, -0.2) is 20.5 Å². The third kappa shape index (κ3) is 3.54. The molecule has 1 aromatic heterocycles. The van der Waals surface area contributed by atoms with Gasteiger partial charge in [-0.25, -0.2) is 0 Å². The molecule has 15 heavy (non-hydrogen) atoms. The minimum absolute atomic E-state index is 0.0126. The van der Waals surface area contributed by atoms with Crippen LogP contribution in [0.25, 0.3) is 0 Å². The fraction of sp³-hybridized carbons (Fsp3) is 0.545. The minimum atomic E-state index is -1.10. The van der Waals surface area contributed by atoms with Gasteiger partial charge in [0.05, 0.1) is 10.6 Å². The number of carbonyl (C=O) groups excluding carboxylic acids is 1. The number of hydrogen-bond acceptors (Lipinski definition) is 3. The monoisotopic (exact) mass is 244 g/mol. The lowest BCUT2D eigenvalue weighted by Crippen LogP contribution is -2.27. The van der Waals surface area contributed by atoms with Gasteiger partial charge in [-0.2, -0.15) is 0 Å². The summed E-state index contributed by atoms with van der Waals surface area (Å²) < 4.78 is 11.4. The molecule has 0 fully saturated rings. The predicted octanol–water partition coefficient (Wildman–Crippen LogP) is 2.79. The van der Waals surface area contributed by atoms with Crippen molar-refractivity contribution < 1.29 is 9.00 Å². The Morgan fingerprint density at radius 2 is 2.00 bits per heavy atom. The van der Waals surface area contributed by atoms with Crippen molar-refractivity contribution >= 4 is 27.9 Å². The zero-order valence-electron chi connectivity index (χ0n) is 9.49. The summed E-state index contributed by atoms with van der Waals surface area (Å²) in [7, 11) is -1.10. The van der Waals surface area contributed by atoms with Crippen LogP contribution < -0.4 is 0 Å². The SMILES string of the molecule is Cc1ccc(C(=O)CS(=O)C(C)(C)C)s1. The fourth-order valence-electron chi connectivity index (χ4n) is 0.991. The van der Waals surface area contributed by atoms with Crippen molar-refractivity contribution in [3.63, 3.8) is 0 Å². The van der Waals surface area contributed by atoms with Crippen LogP contribution in [0.5, 0.6) is 0 Å². The van der Waals surface area contributed by atoms with E-state index in [4.69, 9.17) is 0 Å². The number of ketones is 1. The molecule has 0 aliphatic rings. The summed E-state index contributed by atoms with van der Waals surface area (Å²) in [6, 6.07) is 3.72. The molecular formula is C11H16O2S2. The normalized spacial score (nSPS) is 13.9. The molecule has 0 aliphatic carbocycles. The zero-order chi connectivity index (χ0) is 11.6. The smallest absolute Gasteiger partial charge is 0.185 e. The van der Waals surface area contributed by atoms with Gasteiger partial charge in [-0.05, 0) is 39.8 Å². The summed E-state index contributed by atoms with van der Waals surface area (Å²) in [5, 5.41) is 0. The fourth-order valence-corrected chi connectivity index (χ4v) is 2.71. The third-order valence-electron chi connectivity index (χ3n) is 1.96. The predicted molar refractivity (Wildman–Crippen MR) is 66.1 cm³/mol. The summed E-state index contributed by atoms with van der Waals surface area (Å²) in [6.45, 7) is 7.62. The molecule has 0 aromatic carbocycles. The second-order valence-electron chi connectivity index (χ2n) is 4.44. The van der Waals surface area contributed by atoms with Crippen LogP contribution in [-0.2, 0) is 10.8 Å². The number of rotatable bonds is 3. The van der Waals surface area contributed by atoms with E-state index in [0.717, 1.165) is 4.88 Å². The highest BCUT2D eigenvalue weighted by atomic mass is 32.2. The first-order valence-electron chi connectivity index (χ1n) is 4.79. The molecule has 1 aromatic rings. The highest BCUT2D eigenvalue weighted by Gasteiger charge is 2.23. The van der Waals surface area contributed by atoms with Gasteiger partial charge in [-0.15, -0.1) is 11.3 Å². The van der Waals surface area contributed by atoms with Crippen molar-refractivity contribution in [3.05, 3.63) is 21.9 Å². The van der Waals surface area contributed by atoms with Gasteiger partial charge in [0.15, 0.2) is 5.78 Å². The summed E-state index contributed by atoms with van der Waals surface area (Å²) in [5.74, 6) is 0.116. The molecule has 0 radical (unpaired) electrons. The second kappa shape index (κ2) is 4.58. The Labute approximate surface area is 97.2 Å². The van der Waals surface area contributed by atoms with E-state index in [-0.39, 0.29) is 16.3 Å². The number of hydrogen-bond donors (Lipinski definition) is 0. The first kappa shape index (κ1) is 12.6. The van der Waals surface area contributed by atoms with Gasteiger partial charge >= 0.3 is 0 Å². The van der Waals surface area contributed by atoms with E-state index in [9.17, 15) is 9.00 Å². The maximum Gasteiger partial charge on any atom is 0.185 e. The van der Waals surface area contributed by atoms with Crippen LogP contribution in [0.2, 0.25) is 0 Å². The Hall–Kier alpha value is -0.480. The molecule has 2 nitrogen and oxygen atoms in total. The van der Waals surface area contributed by atoms with Gasteiger partial charge in [0.25, 0.3) is 0 Å². The van der Waals surface area contributed by atoms with Crippen LogP contribution in [0.3, 0.4) is 0 Å². The summed E-state index contributed by atoms with van der Waals surface area (Å²) in [5.41, 5.74) is 0. The van der Waals surface area contributed by atoms with Gasteiger partial charge in [-0.1, -0.05) is 0 Å². The number of aryl methyl sites for hydroxylation is 1. The van der Waals surface area contributed by atoms with E-state index in [1.54, 1.807) is 0 Å². The van der Waals surface area contributed by atoms with E-state index in [1.807, 2.05) is 39.8 Å². The highest BCUT2D eigenvalue weighted by molar-refractivity contribution is 7.87. The second-order valence-corrected chi connectivity index (χ2v) is 7.93. The van der Waals surface area contributed by atoms with Gasteiger partial charge in [-0.3, -0.25) is 9.00 Å². The number of Topliss-reactive ketones (excluding diaryl/α,β-unsaturated/α-hetero) is 1. The lowest BCUT2D eigenvalue weighted by molar-refractivity contribution is 0.102. The van der Waals surface area contributed by atoms with E-state index < -0.39 is 10.8 Å². The van der Waals surface area contributed by atoms with Crippen LogP contribution in [0, 0.1) is 6.92 Å². The van der Waals surface area contributed by atoms with E-state index >= 15 is 0 Å². The standard InChI is InChI=1S/C11H16O2S2/c1-8-5-6-10(14-8)9(12)7-15(13)11(2,3)4/h5-6H,7H2,1-4H3. The van der Waals surface area contributed by atoms with Crippen LogP contribution in [0.15, 0.2) is 12.1 Å². The van der Waals surface area contributed by atoms with Gasteiger partial charge in [0, 0.05) is 20.4 Å². The molecule has 0 N–H and O–H groups in total. The van der Waals surface area contributed by atoms with Crippen molar-refractivity contribution in [1.82, 2.24) is 0 Å². The Balaban J connectivity index is 2.69. The van der Waals surface area contributed by atoms with Gasteiger partial charge in [0.1, 0.15) is 0 Å². The molecule has 1 heterocycles. The Morgan fingerprint density at radius 1 is 1.40 bits per heavy atom. The molecule has 1 unspecified atom stereocenters. The van der Waals surface area contributed by atoms with E-state index in [0.29, 0.717) is 4.88 Å². The molecule has 0 amide bonds. The number of carbonyl (C=O) groups is 1. The number of thiophene rings is 1. The lowest BCUT2D eigenvalue weighted by Gasteiger charge is -2.16. The summed E-state index contributed by atoms with van der Waals surface area (Å²) in [4.78, 5) is 13.6. The molecule has 0 spiro atoms. The largest absolute Gasteiger partial charge is 0.292 e. The topological polar surface area (TPSA) is 34.1 Å². The molecule has 0 bridgehead atoms. The van der Waals surface area contributed by atoms with Crippen molar-refractivity contribution in [2.75, 3.05) is 5.75 Å². The molecule has 1 rings (SSSR count). The maximum absolute atomic E-state index is 11.8. The average Bonchev–Trinajstić information content (AvgIpc) is 2.50. The molecule has 84 valence electrons. The average molecular weight is 244 g/mol. The van der Waals surface area contributed by atoms with Crippen LogP contribution >= 0.6 is 11.3 Å². The van der Waals surface area contributed by atoms with Crippen LogP contribution in [0.4, 0.5) is 0 Å². The Morgan fingerprint density at radius 3 is 2.40 bits per heavy atom. The third-order valence-corrected chi connectivity index (χ3v) is 4.89. The first-order chi connectivity index (χ1) is 6.80. The summed E-state index contributed by atoms with van der Waals surface area (Å²) >= 11 is 1.46. The highest BCUT2D eigenvalue weighted by Crippen LogP contribution is 2.18. The molecule has 0 aliphatic heterocycles. The van der Waals surface area contributed by atoms with Crippen molar-refractivity contribution in [1.29, 1.82) is 0 Å². The lowest BCUT2D eigenvalue weighted by atomic mass is 10.3. The molecule has 0 saturated carbocycles. The van der Waals surface area contributed by atoms with Gasteiger partial charge < -0.3 is 0 Å². The maximum atomic E-state index is 11.8. The van der Waals surface area contributed by atoms with Crippen molar-refractivity contribution in [2.45, 2.75) is 32.4 Å².